The van der Waals surface area contributed by atoms with Gasteiger partial charge >= 0.3 is 0 Å². The van der Waals surface area contributed by atoms with Crippen molar-refractivity contribution in [1.29, 1.82) is 0 Å². The number of carbonyl (C=O) groups excluding carboxylic acids is 1. The van der Waals surface area contributed by atoms with Crippen LogP contribution < -0.4 is 4.74 Å². The van der Waals surface area contributed by atoms with Gasteiger partial charge < -0.3 is 14.6 Å². The molecule has 1 atom stereocenters. The van der Waals surface area contributed by atoms with Crippen LogP contribution in [0.15, 0.2) is 97.1 Å². The smallest absolute Gasteiger partial charge is 0.255 e. The molecular weight excluding hydrogens is 439 g/mol. The van der Waals surface area contributed by atoms with Crippen molar-refractivity contribution in [2.24, 2.45) is 0 Å². The molecule has 0 spiro atoms. The number of benzene rings is 4. The molecule has 172 valence electrons. The second-order valence-corrected chi connectivity index (χ2v) is 8.74. The largest absolute Gasteiger partial charge is 0.497 e. The highest BCUT2D eigenvalue weighted by atomic mass is 19.1. The van der Waals surface area contributed by atoms with Gasteiger partial charge in [-0.2, -0.15) is 0 Å². The van der Waals surface area contributed by atoms with Gasteiger partial charge in [0.2, 0.25) is 0 Å². The summed E-state index contributed by atoms with van der Waals surface area (Å²) in [5.41, 5.74) is 6.50. The summed E-state index contributed by atoms with van der Waals surface area (Å²) in [6, 6.07) is 29.9. The molecule has 0 unspecified atom stereocenters. The summed E-state index contributed by atoms with van der Waals surface area (Å²) < 4.78 is 19.1. The molecule has 1 aliphatic heterocycles. The standard InChI is InChI=1S/C30H23FN2O2/c1-35-22-8-6-7-20(17-22)28-27(25-11-4-5-12-26(25)32-28)29-23-9-2-3-10-24(23)30(34)33(29)18-19-13-15-21(31)16-14-19/h2-17,29,32H,18H2,1H3/t29-/m1/s1. The molecule has 0 saturated carbocycles. The van der Waals surface area contributed by atoms with E-state index in [1.807, 2.05) is 65.6 Å². The van der Waals surface area contributed by atoms with Gasteiger partial charge in [-0.05, 0) is 47.5 Å². The lowest BCUT2D eigenvalue weighted by Crippen LogP contribution is -2.28. The van der Waals surface area contributed by atoms with Gasteiger partial charge in [-0.15, -0.1) is 0 Å². The van der Waals surface area contributed by atoms with Crippen molar-refractivity contribution in [2.45, 2.75) is 12.6 Å². The normalized spacial score (nSPS) is 15.0. The van der Waals surface area contributed by atoms with Crippen molar-refractivity contribution in [2.75, 3.05) is 7.11 Å². The number of para-hydroxylation sites is 1. The van der Waals surface area contributed by atoms with Gasteiger partial charge in [0, 0.05) is 34.1 Å². The Labute approximate surface area is 202 Å². The van der Waals surface area contributed by atoms with E-state index < -0.39 is 0 Å². The third kappa shape index (κ3) is 3.56. The van der Waals surface area contributed by atoms with E-state index in [0.717, 1.165) is 44.6 Å². The lowest BCUT2D eigenvalue weighted by atomic mass is 9.93. The molecule has 0 bridgehead atoms. The number of fused-ring (bicyclic) bond motifs is 2. The summed E-state index contributed by atoms with van der Waals surface area (Å²) >= 11 is 0. The minimum Gasteiger partial charge on any atom is -0.497 e. The zero-order chi connectivity index (χ0) is 23.9. The van der Waals surface area contributed by atoms with Gasteiger partial charge in [-0.3, -0.25) is 4.79 Å². The highest BCUT2D eigenvalue weighted by molar-refractivity contribution is 6.02. The third-order valence-electron chi connectivity index (χ3n) is 6.70. The second-order valence-electron chi connectivity index (χ2n) is 8.74. The van der Waals surface area contributed by atoms with Crippen LogP contribution in [0.3, 0.4) is 0 Å². The average molecular weight is 463 g/mol. The Kier molecular flexibility index (Phi) is 5.10. The predicted molar refractivity (Wildman–Crippen MR) is 135 cm³/mol. The first kappa shape index (κ1) is 21.2. The highest BCUT2D eigenvalue weighted by Crippen LogP contribution is 2.46. The van der Waals surface area contributed by atoms with E-state index in [2.05, 4.69) is 17.1 Å². The number of hydrogen-bond donors (Lipinski definition) is 1. The maximum absolute atomic E-state index is 13.7. The summed E-state index contributed by atoms with van der Waals surface area (Å²) in [6.07, 6.45) is 0. The SMILES string of the molecule is COc1cccc(-c2[nH]c3ccccc3c2[C@H]2c3ccccc3C(=O)N2Cc2ccc(F)cc2)c1. The van der Waals surface area contributed by atoms with Crippen LogP contribution in [0.4, 0.5) is 4.39 Å². The fourth-order valence-electron chi connectivity index (χ4n) is 5.08. The van der Waals surface area contributed by atoms with E-state index in [-0.39, 0.29) is 17.8 Å². The zero-order valence-corrected chi connectivity index (χ0v) is 19.2. The lowest BCUT2D eigenvalue weighted by Gasteiger charge is -2.27. The van der Waals surface area contributed by atoms with Crippen LogP contribution in [0.1, 0.15) is 33.1 Å². The molecule has 35 heavy (non-hydrogen) atoms. The fourth-order valence-corrected chi connectivity index (χ4v) is 5.08. The number of ether oxygens (including phenoxy) is 1. The van der Waals surface area contributed by atoms with Crippen LogP contribution in [-0.4, -0.2) is 22.9 Å². The Balaban J connectivity index is 1.58. The van der Waals surface area contributed by atoms with E-state index in [1.54, 1.807) is 19.2 Å². The number of hydrogen-bond acceptors (Lipinski definition) is 2. The zero-order valence-electron chi connectivity index (χ0n) is 19.2. The number of nitrogens with zero attached hydrogens (tertiary/aromatic N) is 1. The summed E-state index contributed by atoms with van der Waals surface area (Å²) in [7, 11) is 1.65. The number of carbonyl (C=O) groups is 1. The summed E-state index contributed by atoms with van der Waals surface area (Å²) in [5.74, 6) is 0.438. The van der Waals surface area contributed by atoms with Gasteiger partial charge in [0.15, 0.2) is 0 Å². The quantitative estimate of drug-likeness (QED) is 0.315. The van der Waals surface area contributed by atoms with Crippen LogP contribution in [0, 0.1) is 5.82 Å². The monoisotopic (exact) mass is 462 g/mol. The first-order valence-corrected chi connectivity index (χ1v) is 11.5. The second kappa shape index (κ2) is 8.44. The van der Waals surface area contributed by atoms with Crippen molar-refractivity contribution in [3.63, 3.8) is 0 Å². The molecule has 0 saturated heterocycles. The number of methoxy groups -OCH3 is 1. The molecule has 0 aliphatic carbocycles. The van der Waals surface area contributed by atoms with Crippen LogP contribution >= 0.6 is 0 Å². The Bertz CT molecular complexity index is 1550. The van der Waals surface area contributed by atoms with Crippen molar-refractivity contribution >= 4 is 16.8 Å². The minimum absolute atomic E-state index is 0.0307. The molecule has 4 aromatic carbocycles. The lowest BCUT2D eigenvalue weighted by molar-refractivity contribution is 0.0737. The minimum atomic E-state index is -0.305. The number of aromatic nitrogens is 1. The van der Waals surface area contributed by atoms with Gasteiger partial charge in [0.05, 0.1) is 18.8 Å². The first-order valence-electron chi connectivity index (χ1n) is 11.5. The molecule has 5 aromatic rings. The molecule has 4 nitrogen and oxygen atoms in total. The first-order chi connectivity index (χ1) is 17.1. The van der Waals surface area contributed by atoms with E-state index in [9.17, 15) is 9.18 Å². The number of rotatable bonds is 5. The van der Waals surface area contributed by atoms with E-state index in [4.69, 9.17) is 4.74 Å². The average Bonchev–Trinajstić information content (AvgIpc) is 3.41. The van der Waals surface area contributed by atoms with Crippen molar-refractivity contribution in [3.8, 4) is 17.0 Å². The number of nitrogens with one attached hydrogen (secondary N) is 1. The summed E-state index contributed by atoms with van der Waals surface area (Å²) in [5, 5.41) is 1.06. The summed E-state index contributed by atoms with van der Waals surface area (Å²) in [6.45, 7) is 0.371. The van der Waals surface area contributed by atoms with E-state index in [1.165, 1.54) is 12.1 Å². The molecule has 1 amide bonds. The molecule has 0 fully saturated rings. The van der Waals surface area contributed by atoms with Crippen LogP contribution in [0.5, 0.6) is 5.75 Å². The molecule has 1 N–H and O–H groups in total. The van der Waals surface area contributed by atoms with Crippen molar-refractivity contribution < 1.29 is 13.9 Å². The molecule has 0 radical (unpaired) electrons. The maximum atomic E-state index is 13.7. The molecule has 5 heteroatoms. The number of amides is 1. The summed E-state index contributed by atoms with van der Waals surface area (Å²) in [4.78, 5) is 19.2. The predicted octanol–water partition coefficient (Wildman–Crippen LogP) is 6.73. The number of aromatic amines is 1. The Morgan fingerprint density at radius 3 is 2.51 bits per heavy atom. The van der Waals surface area contributed by atoms with Gasteiger partial charge in [0.25, 0.3) is 5.91 Å². The van der Waals surface area contributed by atoms with Crippen molar-refractivity contribution in [1.82, 2.24) is 9.88 Å². The van der Waals surface area contributed by atoms with Gasteiger partial charge in [-0.1, -0.05) is 60.7 Å². The number of H-pyrrole nitrogens is 1. The van der Waals surface area contributed by atoms with Gasteiger partial charge in [-0.25, -0.2) is 4.39 Å². The van der Waals surface area contributed by atoms with Crippen LogP contribution in [0.25, 0.3) is 22.2 Å². The molecule has 1 aliphatic rings. The topological polar surface area (TPSA) is 45.3 Å². The molecule has 6 rings (SSSR count). The van der Waals surface area contributed by atoms with E-state index >= 15 is 0 Å². The molecule has 2 heterocycles. The third-order valence-corrected chi connectivity index (χ3v) is 6.70. The molecule has 1 aromatic heterocycles. The Hall–Kier alpha value is -4.38. The van der Waals surface area contributed by atoms with Crippen molar-refractivity contribution in [3.05, 3.63) is 125 Å². The van der Waals surface area contributed by atoms with Gasteiger partial charge in [0.1, 0.15) is 11.6 Å². The van der Waals surface area contributed by atoms with Crippen LogP contribution in [0.2, 0.25) is 0 Å². The Morgan fingerprint density at radius 2 is 1.69 bits per heavy atom. The van der Waals surface area contributed by atoms with E-state index in [0.29, 0.717) is 12.1 Å². The molecular formula is C30H23FN2O2. The maximum Gasteiger partial charge on any atom is 0.255 e. The highest BCUT2D eigenvalue weighted by Gasteiger charge is 2.40. The Morgan fingerprint density at radius 1 is 0.914 bits per heavy atom. The van der Waals surface area contributed by atoms with Crippen LogP contribution in [-0.2, 0) is 6.54 Å². The fraction of sp³-hybridized carbons (Fsp3) is 0.100. The number of halogens is 1.